The quantitative estimate of drug-likeness (QED) is 0.413. The van der Waals surface area contributed by atoms with E-state index in [1.807, 2.05) is 24.4 Å². The molecule has 1 aromatic carbocycles. The Morgan fingerprint density at radius 1 is 1.08 bits per heavy atom. The number of fused-ring (bicyclic) bond motifs is 1. The molecular formula is C28H38N4O4Si. The monoisotopic (exact) mass is 522 g/mol. The summed E-state index contributed by atoms with van der Waals surface area (Å²) >= 11 is 0. The van der Waals surface area contributed by atoms with Gasteiger partial charge in [-0.25, -0.2) is 0 Å². The Hall–Kier alpha value is -3.17. The summed E-state index contributed by atoms with van der Waals surface area (Å²) in [7, 11) is -0.393. The smallest absolute Gasteiger partial charge is 0.263 e. The number of rotatable bonds is 9. The van der Waals surface area contributed by atoms with Crippen LogP contribution in [0.1, 0.15) is 59.9 Å². The molecule has 2 aromatic heterocycles. The van der Waals surface area contributed by atoms with Crippen molar-refractivity contribution >= 4 is 31.0 Å². The number of benzene rings is 1. The van der Waals surface area contributed by atoms with Crippen LogP contribution in [0, 0.1) is 0 Å². The molecule has 2 heterocycles. The van der Waals surface area contributed by atoms with Gasteiger partial charge in [-0.1, -0.05) is 39.0 Å². The van der Waals surface area contributed by atoms with Crippen molar-refractivity contribution in [1.82, 2.24) is 19.8 Å². The van der Waals surface area contributed by atoms with Gasteiger partial charge in [0.15, 0.2) is 8.32 Å². The Morgan fingerprint density at radius 2 is 1.78 bits per heavy atom. The summed E-state index contributed by atoms with van der Waals surface area (Å²) < 4.78 is 10.0. The summed E-state index contributed by atoms with van der Waals surface area (Å²) in [6.07, 6.45) is 5.50. The maximum atomic E-state index is 13.3. The summed E-state index contributed by atoms with van der Waals surface area (Å²) in [5.74, 6) is -0.781. The van der Waals surface area contributed by atoms with Crippen LogP contribution in [-0.4, -0.2) is 49.0 Å². The second-order valence-electron chi connectivity index (χ2n) is 11.4. The predicted octanol–water partition coefficient (Wildman–Crippen LogP) is 4.12. The van der Waals surface area contributed by atoms with Crippen molar-refractivity contribution in [1.29, 1.82) is 0 Å². The lowest BCUT2D eigenvalue weighted by atomic mass is 10.1. The molecule has 0 aliphatic heterocycles. The van der Waals surface area contributed by atoms with E-state index in [1.165, 1.54) is 17.7 Å². The van der Waals surface area contributed by atoms with Crippen molar-refractivity contribution < 1.29 is 14.0 Å². The average molecular weight is 523 g/mol. The topological polar surface area (TPSA) is 94.4 Å². The average Bonchev–Trinajstić information content (AvgIpc) is 3.60. The van der Waals surface area contributed by atoms with Gasteiger partial charge in [0.1, 0.15) is 5.56 Å². The number of carbonyl (C=O) groups excluding carboxylic acids is 2. The minimum atomic E-state index is -1.87. The van der Waals surface area contributed by atoms with Crippen LogP contribution in [0.3, 0.4) is 0 Å². The first-order chi connectivity index (χ1) is 17.4. The summed E-state index contributed by atoms with van der Waals surface area (Å²) in [6.45, 7) is 12.7. The van der Waals surface area contributed by atoms with Gasteiger partial charge >= 0.3 is 0 Å². The van der Waals surface area contributed by atoms with Crippen LogP contribution in [0.15, 0.2) is 47.5 Å². The third kappa shape index (κ3) is 5.88. The zero-order valence-electron chi connectivity index (χ0n) is 22.7. The summed E-state index contributed by atoms with van der Waals surface area (Å²) in [5.41, 5.74) is 1.82. The molecule has 0 bridgehead atoms. The van der Waals surface area contributed by atoms with Crippen molar-refractivity contribution in [3.8, 4) is 0 Å². The Bertz CT molecular complexity index is 1380. The molecule has 2 amide bonds. The molecular weight excluding hydrogens is 484 g/mol. The van der Waals surface area contributed by atoms with Gasteiger partial charge in [0.2, 0.25) is 0 Å². The van der Waals surface area contributed by atoms with E-state index in [2.05, 4.69) is 55.1 Å². The fourth-order valence-electron chi connectivity index (χ4n) is 4.10. The first kappa shape index (κ1) is 26.9. The van der Waals surface area contributed by atoms with Crippen molar-refractivity contribution in [2.75, 3.05) is 13.7 Å². The molecule has 37 heavy (non-hydrogen) atoms. The van der Waals surface area contributed by atoms with E-state index >= 15 is 0 Å². The van der Waals surface area contributed by atoms with Crippen molar-refractivity contribution in [2.45, 2.75) is 70.9 Å². The molecule has 3 aromatic rings. The Labute approximate surface area is 219 Å². The van der Waals surface area contributed by atoms with E-state index in [0.29, 0.717) is 18.7 Å². The van der Waals surface area contributed by atoms with Crippen molar-refractivity contribution in [3.05, 3.63) is 69.8 Å². The molecule has 0 unspecified atom stereocenters. The normalized spacial score (nSPS) is 14.1. The number of carbonyl (C=O) groups is 2. The fourth-order valence-corrected chi connectivity index (χ4v) is 5.14. The lowest BCUT2D eigenvalue weighted by Gasteiger charge is -2.36. The van der Waals surface area contributed by atoms with E-state index in [1.54, 1.807) is 6.20 Å². The van der Waals surface area contributed by atoms with Gasteiger partial charge in [0.25, 0.3) is 17.4 Å². The molecule has 198 valence electrons. The maximum absolute atomic E-state index is 13.3. The molecule has 8 nitrogen and oxygen atoms in total. The van der Waals surface area contributed by atoms with Gasteiger partial charge < -0.3 is 24.2 Å². The van der Waals surface area contributed by atoms with Crippen LogP contribution >= 0.6 is 0 Å². The van der Waals surface area contributed by atoms with Crippen LogP contribution in [0.25, 0.3) is 10.9 Å². The van der Waals surface area contributed by atoms with Gasteiger partial charge in [-0.2, -0.15) is 0 Å². The standard InChI is InChI=1S/C28H38N4O4Si/c1-28(2,3)37(5,6)36-14-13-31-17-20(22-9-7-8-10-24(22)31)18-32-16-19(25(33)30-21-11-12-21)15-23(27(32)35)26(34)29-4/h7-10,15-17,21H,11-14,18H2,1-6H3,(H,29,34)(H,30,33). The predicted molar refractivity (Wildman–Crippen MR) is 149 cm³/mol. The van der Waals surface area contributed by atoms with Crippen molar-refractivity contribution in [2.24, 2.45) is 0 Å². The third-order valence-corrected chi connectivity index (χ3v) is 12.1. The largest absolute Gasteiger partial charge is 0.415 e. The van der Waals surface area contributed by atoms with E-state index in [-0.39, 0.29) is 29.1 Å². The molecule has 1 saturated carbocycles. The minimum Gasteiger partial charge on any atom is -0.415 e. The SMILES string of the molecule is CNC(=O)c1cc(C(=O)NC2CC2)cn(Cc2cn(CCO[Si](C)(C)C(C)(C)C)c3ccccc23)c1=O. The zero-order chi connectivity index (χ0) is 27.0. The van der Waals surface area contributed by atoms with Gasteiger partial charge in [-0.05, 0) is 48.7 Å². The van der Waals surface area contributed by atoms with Crippen LogP contribution in [0.2, 0.25) is 18.1 Å². The number of para-hydroxylation sites is 1. The number of pyridine rings is 1. The van der Waals surface area contributed by atoms with Gasteiger partial charge in [-0.15, -0.1) is 0 Å². The Balaban J connectivity index is 1.65. The fraction of sp³-hybridized carbons (Fsp3) is 0.464. The van der Waals surface area contributed by atoms with Gasteiger partial charge in [0, 0.05) is 42.9 Å². The zero-order valence-corrected chi connectivity index (χ0v) is 23.7. The van der Waals surface area contributed by atoms with Gasteiger partial charge in [-0.3, -0.25) is 14.4 Å². The Morgan fingerprint density at radius 3 is 2.43 bits per heavy atom. The highest BCUT2D eigenvalue weighted by atomic mass is 28.4. The number of amides is 2. The highest BCUT2D eigenvalue weighted by molar-refractivity contribution is 6.74. The highest BCUT2D eigenvalue weighted by Crippen LogP contribution is 2.36. The number of nitrogens with zero attached hydrogens (tertiary/aromatic N) is 2. The summed E-state index contributed by atoms with van der Waals surface area (Å²) in [5, 5.41) is 6.62. The number of hydrogen-bond acceptors (Lipinski definition) is 4. The lowest BCUT2D eigenvalue weighted by molar-refractivity contribution is 0.0950. The maximum Gasteiger partial charge on any atom is 0.263 e. The van der Waals surface area contributed by atoms with Crippen LogP contribution in [0.4, 0.5) is 0 Å². The molecule has 9 heteroatoms. The molecule has 1 fully saturated rings. The Kier molecular flexibility index (Phi) is 7.48. The molecule has 0 spiro atoms. The van der Waals surface area contributed by atoms with E-state index in [4.69, 9.17) is 4.43 Å². The van der Waals surface area contributed by atoms with E-state index in [9.17, 15) is 14.4 Å². The third-order valence-electron chi connectivity index (χ3n) is 7.55. The molecule has 1 aliphatic carbocycles. The van der Waals surface area contributed by atoms with E-state index < -0.39 is 19.8 Å². The molecule has 1 aliphatic rings. The molecule has 0 atom stereocenters. The molecule has 0 radical (unpaired) electrons. The number of hydrogen-bond donors (Lipinski definition) is 2. The van der Waals surface area contributed by atoms with Gasteiger partial charge in [0.05, 0.1) is 18.7 Å². The van der Waals surface area contributed by atoms with Crippen LogP contribution in [-0.2, 0) is 17.5 Å². The molecule has 2 N–H and O–H groups in total. The highest BCUT2D eigenvalue weighted by Gasteiger charge is 2.37. The van der Waals surface area contributed by atoms with Crippen molar-refractivity contribution in [3.63, 3.8) is 0 Å². The first-order valence-electron chi connectivity index (χ1n) is 12.9. The molecule has 0 saturated heterocycles. The molecule has 4 rings (SSSR count). The van der Waals surface area contributed by atoms with Crippen LogP contribution < -0.4 is 16.2 Å². The summed E-state index contributed by atoms with van der Waals surface area (Å²) in [6, 6.07) is 9.61. The second-order valence-corrected chi connectivity index (χ2v) is 16.2. The second kappa shape index (κ2) is 10.3. The summed E-state index contributed by atoms with van der Waals surface area (Å²) in [4.78, 5) is 38.5. The lowest BCUT2D eigenvalue weighted by Crippen LogP contribution is -2.41. The number of nitrogens with one attached hydrogen (secondary N) is 2. The van der Waals surface area contributed by atoms with Crippen LogP contribution in [0.5, 0.6) is 0 Å². The first-order valence-corrected chi connectivity index (χ1v) is 15.8. The van der Waals surface area contributed by atoms with E-state index in [0.717, 1.165) is 29.3 Å². The number of aromatic nitrogens is 2. The minimum absolute atomic E-state index is 0.0440.